The summed E-state index contributed by atoms with van der Waals surface area (Å²) < 4.78 is 45.4. The Morgan fingerprint density at radius 3 is 2.46 bits per heavy atom. The number of hydrogen-bond acceptors (Lipinski definition) is 3. The van der Waals surface area contributed by atoms with Gasteiger partial charge in [-0.3, -0.25) is 0 Å². The smallest absolute Gasteiger partial charge is 0.467 e. The van der Waals surface area contributed by atoms with Crippen molar-refractivity contribution in [2.24, 2.45) is 4.99 Å². The number of nitrogens with zero attached hydrogens (tertiary/aromatic N) is 1. The fourth-order valence-electron chi connectivity index (χ4n) is 2.08. The van der Waals surface area contributed by atoms with Crippen molar-refractivity contribution in [3.05, 3.63) is 54.0 Å². The third-order valence-corrected chi connectivity index (χ3v) is 3.18. The molecular formula is C17H21F3IN3O2. The first-order valence-electron chi connectivity index (χ1n) is 7.85. The first kappa shape index (κ1) is 22.1. The normalized spacial score (nSPS) is 11.6. The van der Waals surface area contributed by atoms with Gasteiger partial charge in [-0.05, 0) is 43.2 Å². The summed E-state index contributed by atoms with van der Waals surface area (Å²) >= 11 is 0. The molecule has 1 aromatic heterocycles. The maximum atomic E-state index is 12.1. The van der Waals surface area contributed by atoms with Gasteiger partial charge >= 0.3 is 6.36 Å². The van der Waals surface area contributed by atoms with E-state index in [1.54, 1.807) is 24.5 Å². The number of alkyl halides is 3. The van der Waals surface area contributed by atoms with Crippen LogP contribution in [-0.4, -0.2) is 25.4 Å². The Morgan fingerprint density at radius 1 is 1.15 bits per heavy atom. The number of ether oxygens (including phenoxy) is 1. The first-order chi connectivity index (χ1) is 12.0. The lowest BCUT2D eigenvalue weighted by Crippen LogP contribution is -2.38. The average molecular weight is 483 g/mol. The minimum atomic E-state index is -4.67. The van der Waals surface area contributed by atoms with Crippen LogP contribution in [0, 0.1) is 0 Å². The van der Waals surface area contributed by atoms with Gasteiger partial charge in [-0.15, -0.1) is 37.1 Å². The quantitative estimate of drug-likeness (QED) is 0.354. The lowest BCUT2D eigenvalue weighted by Gasteiger charge is -2.12. The summed E-state index contributed by atoms with van der Waals surface area (Å²) in [5.41, 5.74) is 0.893. The van der Waals surface area contributed by atoms with Crippen LogP contribution in [0.4, 0.5) is 13.2 Å². The topological polar surface area (TPSA) is 58.8 Å². The van der Waals surface area contributed by atoms with E-state index in [9.17, 15) is 13.2 Å². The van der Waals surface area contributed by atoms with Gasteiger partial charge in [-0.2, -0.15) is 0 Å². The minimum Gasteiger partial charge on any atom is -0.467 e. The highest BCUT2D eigenvalue weighted by Crippen LogP contribution is 2.22. The van der Waals surface area contributed by atoms with E-state index in [4.69, 9.17) is 4.42 Å². The van der Waals surface area contributed by atoms with Crippen molar-refractivity contribution in [2.75, 3.05) is 13.1 Å². The molecule has 0 atom stereocenters. The summed E-state index contributed by atoms with van der Waals surface area (Å²) in [5.74, 6) is 1.19. The molecule has 9 heteroatoms. The van der Waals surface area contributed by atoms with Crippen molar-refractivity contribution in [1.82, 2.24) is 10.6 Å². The molecule has 2 N–H and O–H groups in total. The van der Waals surface area contributed by atoms with Crippen molar-refractivity contribution < 1.29 is 22.3 Å². The van der Waals surface area contributed by atoms with Crippen LogP contribution in [-0.2, 0) is 13.0 Å². The van der Waals surface area contributed by atoms with Gasteiger partial charge in [-0.25, -0.2) is 4.99 Å². The lowest BCUT2D eigenvalue weighted by atomic mass is 10.1. The molecule has 5 nitrogen and oxygen atoms in total. The number of nitrogens with one attached hydrogen (secondary N) is 2. The van der Waals surface area contributed by atoms with E-state index in [-0.39, 0.29) is 29.7 Å². The van der Waals surface area contributed by atoms with Gasteiger partial charge in [0.25, 0.3) is 0 Å². The van der Waals surface area contributed by atoms with Crippen LogP contribution >= 0.6 is 24.0 Å². The summed E-state index contributed by atoms with van der Waals surface area (Å²) in [6, 6.07) is 9.47. The molecule has 0 radical (unpaired) electrons. The van der Waals surface area contributed by atoms with Crippen molar-refractivity contribution in [1.29, 1.82) is 0 Å². The molecule has 0 unspecified atom stereocenters. The molecule has 0 saturated carbocycles. The molecule has 0 fully saturated rings. The van der Waals surface area contributed by atoms with Gasteiger partial charge in [-0.1, -0.05) is 12.1 Å². The maximum absolute atomic E-state index is 12.1. The van der Waals surface area contributed by atoms with Crippen LogP contribution in [0.2, 0.25) is 0 Å². The van der Waals surface area contributed by atoms with Crippen molar-refractivity contribution in [3.63, 3.8) is 0 Å². The minimum absolute atomic E-state index is 0. The average Bonchev–Trinajstić information content (AvgIpc) is 3.06. The Hall–Kier alpha value is -1.91. The van der Waals surface area contributed by atoms with Gasteiger partial charge in [0.15, 0.2) is 5.96 Å². The second kappa shape index (κ2) is 10.9. The van der Waals surface area contributed by atoms with Crippen LogP contribution < -0.4 is 15.4 Å². The summed E-state index contributed by atoms with van der Waals surface area (Å²) in [6.45, 7) is 3.69. The van der Waals surface area contributed by atoms with Gasteiger partial charge in [0.05, 0.1) is 6.26 Å². The SMILES string of the molecule is CCNC(=NCc1ccco1)NCCc1ccc(OC(F)(F)F)cc1.I. The number of benzene rings is 1. The zero-order valence-electron chi connectivity index (χ0n) is 14.2. The van der Waals surface area contributed by atoms with E-state index < -0.39 is 6.36 Å². The number of aliphatic imine (C=N–C) groups is 1. The molecular weight excluding hydrogens is 462 g/mol. The van der Waals surface area contributed by atoms with E-state index in [1.165, 1.54) is 12.1 Å². The summed E-state index contributed by atoms with van der Waals surface area (Å²) in [6.07, 6.45) is -2.44. The fraction of sp³-hybridized carbons (Fsp3) is 0.353. The Bertz CT molecular complexity index is 659. The molecule has 2 aromatic rings. The van der Waals surface area contributed by atoms with Gasteiger partial charge in [0.1, 0.15) is 18.1 Å². The van der Waals surface area contributed by atoms with Crippen molar-refractivity contribution >= 4 is 29.9 Å². The van der Waals surface area contributed by atoms with Crippen LogP contribution in [0.25, 0.3) is 0 Å². The third-order valence-electron chi connectivity index (χ3n) is 3.18. The first-order valence-corrected chi connectivity index (χ1v) is 7.85. The third kappa shape index (κ3) is 8.45. The van der Waals surface area contributed by atoms with Crippen molar-refractivity contribution in [3.8, 4) is 5.75 Å². The molecule has 0 amide bonds. The predicted octanol–water partition coefficient (Wildman–Crippen LogP) is 4.09. The number of guanidine groups is 1. The number of halogens is 4. The Labute approximate surface area is 167 Å². The second-order valence-corrected chi connectivity index (χ2v) is 5.14. The summed E-state index contributed by atoms with van der Waals surface area (Å²) in [5, 5.41) is 6.29. The van der Waals surface area contributed by atoms with Gasteiger partial charge in [0, 0.05) is 13.1 Å². The standard InChI is InChI=1S/C17H20F3N3O2.HI/c1-2-21-16(23-12-15-4-3-11-24-15)22-10-9-13-5-7-14(8-6-13)25-17(18,19)20;/h3-8,11H,2,9-10,12H2,1H3,(H2,21,22,23);1H. The molecule has 1 heterocycles. The molecule has 1 aromatic carbocycles. The van der Waals surface area contributed by atoms with Gasteiger partial charge in [0.2, 0.25) is 0 Å². The Balaban J connectivity index is 0.00000338. The van der Waals surface area contributed by atoms with Crippen molar-refractivity contribution in [2.45, 2.75) is 26.3 Å². The predicted molar refractivity (Wildman–Crippen MR) is 104 cm³/mol. The molecule has 2 rings (SSSR count). The zero-order chi connectivity index (χ0) is 18.1. The van der Waals surface area contributed by atoms with E-state index in [2.05, 4.69) is 20.4 Å². The highest BCUT2D eigenvalue weighted by molar-refractivity contribution is 14.0. The molecule has 0 bridgehead atoms. The number of furan rings is 1. The molecule has 0 aliphatic rings. The van der Waals surface area contributed by atoms with Crippen LogP contribution in [0.1, 0.15) is 18.2 Å². The van der Waals surface area contributed by atoms with Crippen LogP contribution in [0.3, 0.4) is 0 Å². The van der Waals surface area contributed by atoms with Crippen LogP contribution in [0.5, 0.6) is 5.75 Å². The fourth-order valence-corrected chi connectivity index (χ4v) is 2.08. The van der Waals surface area contributed by atoms with Gasteiger partial charge < -0.3 is 19.8 Å². The second-order valence-electron chi connectivity index (χ2n) is 5.14. The zero-order valence-corrected chi connectivity index (χ0v) is 16.5. The molecule has 26 heavy (non-hydrogen) atoms. The summed E-state index contributed by atoms with van der Waals surface area (Å²) in [4.78, 5) is 4.40. The van der Waals surface area contributed by atoms with E-state index in [1.807, 2.05) is 13.0 Å². The molecule has 0 saturated heterocycles. The number of rotatable bonds is 7. The number of hydrogen-bond donors (Lipinski definition) is 2. The summed E-state index contributed by atoms with van der Waals surface area (Å²) in [7, 11) is 0. The van der Waals surface area contributed by atoms with E-state index in [0.717, 1.165) is 11.3 Å². The molecule has 144 valence electrons. The highest BCUT2D eigenvalue weighted by Gasteiger charge is 2.30. The maximum Gasteiger partial charge on any atom is 0.573 e. The lowest BCUT2D eigenvalue weighted by molar-refractivity contribution is -0.274. The van der Waals surface area contributed by atoms with E-state index in [0.29, 0.717) is 32.0 Å². The molecule has 0 aliphatic heterocycles. The monoisotopic (exact) mass is 483 g/mol. The van der Waals surface area contributed by atoms with E-state index >= 15 is 0 Å². The Kier molecular flexibility index (Phi) is 9.31. The molecule has 0 aliphatic carbocycles. The highest BCUT2D eigenvalue weighted by atomic mass is 127. The van der Waals surface area contributed by atoms with Crippen LogP contribution in [0.15, 0.2) is 52.1 Å². The molecule has 0 spiro atoms. The Morgan fingerprint density at radius 2 is 1.88 bits per heavy atom. The largest absolute Gasteiger partial charge is 0.573 e.